The minimum atomic E-state index is -0.966. The molecular weight excluding hydrogens is 360 g/mol. The molecule has 0 bridgehead atoms. The van der Waals surface area contributed by atoms with Gasteiger partial charge in [-0.15, -0.1) is 0 Å². The molecule has 2 heterocycles. The van der Waals surface area contributed by atoms with Crippen molar-refractivity contribution in [1.29, 1.82) is 0 Å². The van der Waals surface area contributed by atoms with E-state index < -0.39 is 18.0 Å². The maximum atomic E-state index is 12.5. The minimum absolute atomic E-state index is 0.157. The molecule has 1 atom stereocenters. The van der Waals surface area contributed by atoms with Crippen LogP contribution in [0.2, 0.25) is 0 Å². The van der Waals surface area contributed by atoms with Crippen molar-refractivity contribution in [1.82, 2.24) is 4.98 Å². The largest absolute Gasteiger partial charge is 0.454 e. The van der Waals surface area contributed by atoms with Crippen molar-refractivity contribution in [3.8, 4) is 11.5 Å². The Morgan fingerprint density at radius 2 is 1.89 bits per heavy atom. The number of aromatic nitrogens is 1. The second-order valence-electron chi connectivity index (χ2n) is 6.83. The second-order valence-corrected chi connectivity index (χ2v) is 6.83. The normalized spacial score (nSPS) is 13.4. The van der Waals surface area contributed by atoms with E-state index in [1.165, 1.54) is 6.92 Å². The van der Waals surface area contributed by atoms with Gasteiger partial charge in [-0.1, -0.05) is 6.07 Å². The lowest BCUT2D eigenvalue weighted by Gasteiger charge is -2.13. The Balaban J connectivity index is 1.44. The smallest absolute Gasteiger partial charge is 0.355 e. The van der Waals surface area contributed by atoms with Gasteiger partial charge in [0.2, 0.25) is 6.79 Å². The summed E-state index contributed by atoms with van der Waals surface area (Å²) < 4.78 is 15.9. The summed E-state index contributed by atoms with van der Waals surface area (Å²) >= 11 is 0. The highest BCUT2D eigenvalue weighted by Gasteiger charge is 2.22. The van der Waals surface area contributed by atoms with Crippen LogP contribution in [0.25, 0.3) is 10.9 Å². The average molecular weight is 380 g/mol. The predicted octanol–water partition coefficient (Wildman–Crippen LogP) is 3.70. The van der Waals surface area contributed by atoms with Gasteiger partial charge in [-0.3, -0.25) is 4.79 Å². The lowest BCUT2D eigenvalue weighted by molar-refractivity contribution is -0.123. The van der Waals surface area contributed by atoms with Crippen LogP contribution in [0.15, 0.2) is 36.4 Å². The number of hydrogen-bond donors (Lipinski definition) is 2. The number of H-pyrrole nitrogens is 1. The molecule has 7 nitrogen and oxygen atoms in total. The lowest BCUT2D eigenvalue weighted by atomic mass is 10.1. The molecule has 0 aliphatic carbocycles. The van der Waals surface area contributed by atoms with Crippen LogP contribution < -0.4 is 14.8 Å². The molecule has 1 aliphatic rings. The maximum Gasteiger partial charge on any atom is 0.355 e. The van der Waals surface area contributed by atoms with Gasteiger partial charge in [-0.25, -0.2) is 4.79 Å². The molecule has 0 radical (unpaired) electrons. The summed E-state index contributed by atoms with van der Waals surface area (Å²) in [5, 5.41) is 3.66. The van der Waals surface area contributed by atoms with Crippen molar-refractivity contribution >= 4 is 28.5 Å². The fourth-order valence-corrected chi connectivity index (χ4v) is 3.20. The first kappa shape index (κ1) is 17.9. The van der Waals surface area contributed by atoms with Crippen molar-refractivity contribution in [2.75, 3.05) is 12.1 Å². The van der Waals surface area contributed by atoms with Crippen LogP contribution in [0, 0.1) is 13.8 Å². The fraction of sp³-hybridized carbons (Fsp3) is 0.238. The number of fused-ring (bicyclic) bond motifs is 2. The van der Waals surface area contributed by atoms with Crippen LogP contribution in [-0.4, -0.2) is 29.8 Å². The van der Waals surface area contributed by atoms with Gasteiger partial charge in [0.15, 0.2) is 17.6 Å². The Bertz CT molecular complexity index is 1090. The first-order valence-corrected chi connectivity index (χ1v) is 8.92. The Hall–Kier alpha value is -3.48. The van der Waals surface area contributed by atoms with Gasteiger partial charge < -0.3 is 24.5 Å². The van der Waals surface area contributed by atoms with Crippen LogP contribution in [0.5, 0.6) is 11.5 Å². The highest BCUT2D eigenvalue weighted by molar-refractivity contribution is 5.99. The van der Waals surface area contributed by atoms with Crippen molar-refractivity contribution in [3.63, 3.8) is 0 Å². The summed E-state index contributed by atoms with van der Waals surface area (Å²) in [4.78, 5) is 27.9. The van der Waals surface area contributed by atoms with Gasteiger partial charge in [-0.05, 0) is 56.2 Å². The lowest BCUT2D eigenvalue weighted by Crippen LogP contribution is -2.30. The van der Waals surface area contributed by atoms with Crippen molar-refractivity contribution in [2.24, 2.45) is 0 Å². The third-order valence-electron chi connectivity index (χ3n) is 4.60. The van der Waals surface area contributed by atoms with Gasteiger partial charge >= 0.3 is 5.97 Å². The van der Waals surface area contributed by atoms with E-state index in [-0.39, 0.29) is 6.79 Å². The first-order chi connectivity index (χ1) is 13.4. The SMILES string of the molecule is Cc1cc(C)c2cc(C(=O)OC(C)C(=O)Nc3ccc4c(c3)OCO4)[nH]c2c1. The maximum absolute atomic E-state index is 12.5. The van der Waals surface area contributed by atoms with E-state index in [9.17, 15) is 9.59 Å². The van der Waals surface area contributed by atoms with Crippen LogP contribution in [0.4, 0.5) is 5.69 Å². The summed E-state index contributed by atoms with van der Waals surface area (Å²) in [5.41, 5.74) is 3.88. The molecule has 144 valence electrons. The average Bonchev–Trinajstić information content (AvgIpc) is 3.27. The monoisotopic (exact) mass is 380 g/mol. The Morgan fingerprint density at radius 1 is 1.11 bits per heavy atom. The van der Waals surface area contributed by atoms with Crippen molar-refractivity contribution < 1.29 is 23.8 Å². The molecule has 0 spiro atoms. The van der Waals surface area contributed by atoms with Crippen LogP contribution in [0.1, 0.15) is 28.5 Å². The quantitative estimate of drug-likeness (QED) is 0.674. The molecule has 2 N–H and O–H groups in total. The van der Waals surface area contributed by atoms with Crippen LogP contribution in [-0.2, 0) is 9.53 Å². The van der Waals surface area contributed by atoms with Crippen molar-refractivity contribution in [2.45, 2.75) is 26.9 Å². The van der Waals surface area contributed by atoms with Gasteiger partial charge in [0.1, 0.15) is 5.69 Å². The molecule has 7 heteroatoms. The van der Waals surface area contributed by atoms with Gasteiger partial charge in [0.05, 0.1) is 0 Å². The number of ether oxygens (including phenoxy) is 3. The Labute approximate surface area is 161 Å². The molecule has 2 aromatic carbocycles. The molecule has 1 amide bonds. The summed E-state index contributed by atoms with van der Waals surface area (Å²) in [6.45, 7) is 5.66. The summed E-state index contributed by atoms with van der Waals surface area (Å²) in [7, 11) is 0. The number of aromatic amines is 1. The summed E-state index contributed by atoms with van der Waals surface area (Å²) in [6.07, 6.45) is -0.966. The third kappa shape index (κ3) is 3.38. The number of hydrogen-bond acceptors (Lipinski definition) is 5. The molecule has 1 aromatic heterocycles. The molecule has 1 aliphatic heterocycles. The molecule has 3 aromatic rings. The predicted molar refractivity (Wildman–Crippen MR) is 104 cm³/mol. The van der Waals surface area contributed by atoms with E-state index in [0.29, 0.717) is 22.9 Å². The number of benzene rings is 2. The third-order valence-corrected chi connectivity index (χ3v) is 4.60. The van der Waals surface area contributed by atoms with E-state index in [2.05, 4.69) is 10.3 Å². The number of amides is 1. The van der Waals surface area contributed by atoms with E-state index in [4.69, 9.17) is 14.2 Å². The molecule has 1 unspecified atom stereocenters. The topological polar surface area (TPSA) is 89.7 Å². The number of carbonyl (C=O) groups is 2. The zero-order chi connectivity index (χ0) is 19.8. The van der Waals surface area contributed by atoms with E-state index in [0.717, 1.165) is 22.0 Å². The molecule has 28 heavy (non-hydrogen) atoms. The highest BCUT2D eigenvalue weighted by atomic mass is 16.7. The standard InChI is InChI=1S/C21H20N2O5/c1-11-6-12(2)15-9-17(23-16(15)7-11)21(25)28-13(3)20(24)22-14-4-5-18-19(8-14)27-10-26-18/h4-9,13,23H,10H2,1-3H3,(H,22,24). The van der Waals surface area contributed by atoms with Gasteiger partial charge in [-0.2, -0.15) is 0 Å². The van der Waals surface area contributed by atoms with Gasteiger partial charge in [0, 0.05) is 22.7 Å². The van der Waals surface area contributed by atoms with Gasteiger partial charge in [0.25, 0.3) is 5.91 Å². The Morgan fingerprint density at radius 3 is 2.71 bits per heavy atom. The summed E-state index contributed by atoms with van der Waals surface area (Å²) in [5.74, 6) is 0.171. The van der Waals surface area contributed by atoms with Crippen LogP contribution >= 0.6 is 0 Å². The Kier molecular flexibility index (Phi) is 4.43. The number of rotatable bonds is 4. The number of aryl methyl sites for hydroxylation is 2. The zero-order valence-corrected chi connectivity index (χ0v) is 15.8. The first-order valence-electron chi connectivity index (χ1n) is 8.92. The number of carbonyl (C=O) groups excluding carboxylic acids is 2. The zero-order valence-electron chi connectivity index (χ0n) is 15.8. The molecule has 0 fully saturated rings. The fourth-order valence-electron chi connectivity index (χ4n) is 3.20. The number of esters is 1. The van der Waals surface area contributed by atoms with E-state index in [1.807, 2.05) is 26.0 Å². The molecule has 0 saturated heterocycles. The van der Waals surface area contributed by atoms with E-state index >= 15 is 0 Å². The van der Waals surface area contributed by atoms with Crippen LogP contribution in [0.3, 0.4) is 0 Å². The minimum Gasteiger partial charge on any atom is -0.454 e. The van der Waals surface area contributed by atoms with E-state index in [1.54, 1.807) is 24.3 Å². The number of nitrogens with one attached hydrogen (secondary N) is 2. The molecule has 4 rings (SSSR count). The number of anilines is 1. The highest BCUT2D eigenvalue weighted by Crippen LogP contribution is 2.34. The second kappa shape index (κ2) is 6.92. The molecule has 0 saturated carbocycles. The molecular formula is C21H20N2O5. The summed E-state index contributed by atoms with van der Waals surface area (Å²) in [6, 6.07) is 10.8. The van der Waals surface area contributed by atoms with Crippen molar-refractivity contribution in [3.05, 3.63) is 53.2 Å².